The van der Waals surface area contributed by atoms with Gasteiger partial charge in [-0.2, -0.15) is 16.1 Å². The Balaban J connectivity index is 2.32. The lowest BCUT2D eigenvalue weighted by molar-refractivity contribution is 0.434. The zero-order valence-corrected chi connectivity index (χ0v) is 12.8. The van der Waals surface area contributed by atoms with E-state index >= 15 is 0 Å². The van der Waals surface area contributed by atoms with E-state index in [4.69, 9.17) is 0 Å². The summed E-state index contributed by atoms with van der Waals surface area (Å²) in [4.78, 5) is 0.441. The highest BCUT2D eigenvalue weighted by molar-refractivity contribution is 7.99. The van der Waals surface area contributed by atoms with Crippen molar-refractivity contribution in [3.63, 3.8) is 0 Å². The van der Waals surface area contributed by atoms with Crippen LogP contribution in [0.1, 0.15) is 12.0 Å². The average Bonchev–Trinajstić information content (AvgIpc) is 2.69. The predicted molar refractivity (Wildman–Crippen MR) is 79.9 cm³/mol. The van der Waals surface area contributed by atoms with Gasteiger partial charge >= 0.3 is 0 Å². The first-order valence-electron chi connectivity index (χ1n) is 6.46. The van der Waals surface area contributed by atoms with Gasteiger partial charge in [-0.3, -0.25) is 0 Å². The molecular weight excluding hydrogens is 280 g/mol. The monoisotopic (exact) mass is 300 g/mol. The third-order valence-corrected chi connectivity index (χ3v) is 6.19. The number of hydrogen-bond donors (Lipinski definition) is 1. The van der Waals surface area contributed by atoms with Crippen LogP contribution in [0.4, 0.5) is 0 Å². The van der Waals surface area contributed by atoms with Crippen LogP contribution in [0.15, 0.2) is 29.2 Å². The van der Waals surface area contributed by atoms with E-state index in [0.29, 0.717) is 24.5 Å². The summed E-state index contributed by atoms with van der Waals surface area (Å²) in [6.45, 7) is 1.81. The third kappa shape index (κ3) is 3.51. The van der Waals surface area contributed by atoms with Crippen LogP contribution in [0.5, 0.6) is 0 Å². The molecule has 6 heteroatoms. The molecule has 106 valence electrons. The van der Waals surface area contributed by atoms with Crippen LogP contribution in [0, 0.1) is 0 Å². The molecule has 0 aliphatic carbocycles. The summed E-state index contributed by atoms with van der Waals surface area (Å²) in [7, 11) is -1.53. The van der Waals surface area contributed by atoms with Crippen LogP contribution in [-0.4, -0.2) is 44.4 Å². The maximum atomic E-state index is 12.7. The highest BCUT2D eigenvalue weighted by Gasteiger charge is 2.26. The Labute approximate surface area is 119 Å². The van der Waals surface area contributed by atoms with E-state index in [9.17, 15) is 8.42 Å². The summed E-state index contributed by atoms with van der Waals surface area (Å²) < 4.78 is 27.1. The molecule has 1 fully saturated rings. The van der Waals surface area contributed by atoms with Gasteiger partial charge in [-0.1, -0.05) is 18.2 Å². The maximum Gasteiger partial charge on any atom is 0.243 e. The van der Waals surface area contributed by atoms with Gasteiger partial charge in [-0.25, -0.2) is 8.42 Å². The van der Waals surface area contributed by atoms with Crippen molar-refractivity contribution in [2.75, 3.05) is 31.6 Å². The molecule has 1 heterocycles. The van der Waals surface area contributed by atoms with E-state index in [1.807, 2.05) is 30.9 Å². The Bertz CT molecular complexity index is 509. The van der Waals surface area contributed by atoms with E-state index in [1.54, 1.807) is 16.4 Å². The van der Waals surface area contributed by atoms with Crippen molar-refractivity contribution in [2.45, 2.75) is 17.9 Å². The number of benzene rings is 1. The van der Waals surface area contributed by atoms with E-state index in [0.717, 1.165) is 23.5 Å². The highest BCUT2D eigenvalue weighted by atomic mass is 32.2. The lowest BCUT2D eigenvalue weighted by Gasteiger charge is -2.21. The molecule has 4 nitrogen and oxygen atoms in total. The van der Waals surface area contributed by atoms with Gasteiger partial charge in [-0.05, 0) is 30.9 Å². The zero-order valence-electron chi connectivity index (χ0n) is 11.1. The summed E-state index contributed by atoms with van der Waals surface area (Å²) in [5.41, 5.74) is 0.835. The van der Waals surface area contributed by atoms with Gasteiger partial charge in [-0.15, -0.1) is 0 Å². The van der Waals surface area contributed by atoms with Gasteiger partial charge < -0.3 is 5.32 Å². The highest BCUT2D eigenvalue weighted by Crippen LogP contribution is 2.22. The largest absolute Gasteiger partial charge is 0.316 e. The number of hydrogen-bond acceptors (Lipinski definition) is 4. The predicted octanol–water partition coefficient (Wildman–Crippen LogP) is 1.53. The van der Waals surface area contributed by atoms with Crippen molar-refractivity contribution in [1.82, 2.24) is 9.62 Å². The van der Waals surface area contributed by atoms with E-state index in [-0.39, 0.29) is 0 Å². The summed E-state index contributed by atoms with van der Waals surface area (Å²) in [5.74, 6) is 1.93. The van der Waals surface area contributed by atoms with Gasteiger partial charge in [0.1, 0.15) is 0 Å². The average molecular weight is 300 g/mol. The molecule has 0 amide bonds. The lowest BCUT2D eigenvalue weighted by atomic mass is 10.2. The summed E-state index contributed by atoms with van der Waals surface area (Å²) in [6, 6.07) is 7.25. The molecule has 0 unspecified atom stereocenters. The minimum Gasteiger partial charge on any atom is -0.316 e. The van der Waals surface area contributed by atoms with Gasteiger partial charge in [0.2, 0.25) is 10.0 Å². The summed E-state index contributed by atoms with van der Waals surface area (Å²) in [5, 5.41) is 3.02. The van der Waals surface area contributed by atoms with Crippen LogP contribution >= 0.6 is 11.8 Å². The number of thioether (sulfide) groups is 1. The zero-order chi connectivity index (χ0) is 13.7. The molecule has 1 aliphatic rings. The molecule has 0 spiro atoms. The quantitative estimate of drug-likeness (QED) is 0.916. The molecule has 0 atom stereocenters. The molecule has 0 saturated carbocycles. The fraction of sp³-hybridized carbons (Fsp3) is 0.538. The molecule has 0 radical (unpaired) electrons. The Morgan fingerprint density at radius 2 is 2.05 bits per heavy atom. The summed E-state index contributed by atoms with van der Waals surface area (Å²) in [6.07, 6.45) is 0.929. The molecule has 1 aromatic carbocycles. The second-order valence-electron chi connectivity index (χ2n) is 4.51. The molecule has 1 saturated heterocycles. The number of nitrogens with one attached hydrogen (secondary N) is 1. The Hall–Kier alpha value is -0.560. The SMILES string of the molecule is CNCc1ccccc1S(=O)(=O)N1CCCSCC1. The van der Waals surface area contributed by atoms with Gasteiger partial charge in [0.25, 0.3) is 0 Å². The molecule has 2 rings (SSSR count). The molecule has 1 aromatic rings. The topological polar surface area (TPSA) is 49.4 Å². The smallest absolute Gasteiger partial charge is 0.243 e. The fourth-order valence-corrected chi connectivity index (χ4v) is 4.90. The first-order valence-corrected chi connectivity index (χ1v) is 9.06. The van der Waals surface area contributed by atoms with Crippen molar-refractivity contribution in [2.24, 2.45) is 0 Å². The molecule has 0 aromatic heterocycles. The fourth-order valence-electron chi connectivity index (χ4n) is 2.19. The van der Waals surface area contributed by atoms with Crippen molar-refractivity contribution < 1.29 is 8.42 Å². The van der Waals surface area contributed by atoms with Gasteiger partial charge in [0.05, 0.1) is 4.90 Å². The van der Waals surface area contributed by atoms with Crippen LogP contribution < -0.4 is 5.32 Å². The van der Waals surface area contributed by atoms with Crippen molar-refractivity contribution in [3.8, 4) is 0 Å². The molecule has 1 aliphatic heterocycles. The minimum atomic E-state index is -3.36. The van der Waals surface area contributed by atoms with Crippen molar-refractivity contribution >= 4 is 21.8 Å². The van der Waals surface area contributed by atoms with Crippen LogP contribution in [0.3, 0.4) is 0 Å². The van der Waals surface area contributed by atoms with E-state index in [2.05, 4.69) is 5.32 Å². The minimum absolute atomic E-state index is 0.441. The Morgan fingerprint density at radius 3 is 2.84 bits per heavy atom. The van der Waals surface area contributed by atoms with Crippen LogP contribution in [0.2, 0.25) is 0 Å². The van der Waals surface area contributed by atoms with Gasteiger partial charge in [0, 0.05) is 25.4 Å². The first kappa shape index (κ1) is 14.8. The lowest BCUT2D eigenvalue weighted by Crippen LogP contribution is -2.33. The standard InChI is InChI=1S/C13H20N2O2S2/c1-14-11-12-5-2-3-6-13(12)19(16,17)15-7-4-9-18-10-8-15/h2-3,5-6,14H,4,7-11H2,1H3. The number of sulfonamides is 1. The Morgan fingerprint density at radius 1 is 1.26 bits per heavy atom. The Kier molecular flexibility index (Phi) is 5.27. The van der Waals surface area contributed by atoms with Crippen molar-refractivity contribution in [3.05, 3.63) is 29.8 Å². The van der Waals surface area contributed by atoms with Gasteiger partial charge in [0.15, 0.2) is 0 Å². The number of rotatable bonds is 4. The number of nitrogens with zero attached hydrogens (tertiary/aromatic N) is 1. The summed E-state index contributed by atoms with van der Waals surface area (Å²) >= 11 is 1.83. The molecule has 0 bridgehead atoms. The normalized spacial score (nSPS) is 18.2. The van der Waals surface area contributed by atoms with E-state index in [1.165, 1.54) is 0 Å². The molecule has 19 heavy (non-hydrogen) atoms. The second-order valence-corrected chi connectivity index (χ2v) is 7.64. The molecule has 1 N–H and O–H groups in total. The third-order valence-electron chi connectivity index (χ3n) is 3.14. The molecular formula is C13H20N2O2S2. The first-order chi connectivity index (χ1) is 9.16. The van der Waals surface area contributed by atoms with Crippen LogP contribution in [-0.2, 0) is 16.6 Å². The van der Waals surface area contributed by atoms with Crippen molar-refractivity contribution in [1.29, 1.82) is 0 Å². The van der Waals surface area contributed by atoms with E-state index < -0.39 is 10.0 Å². The maximum absolute atomic E-state index is 12.7. The van der Waals surface area contributed by atoms with Crippen LogP contribution in [0.25, 0.3) is 0 Å². The second kappa shape index (κ2) is 6.74.